The van der Waals surface area contributed by atoms with Crippen LogP contribution >= 0.6 is 0 Å². The van der Waals surface area contributed by atoms with Gasteiger partial charge in [0.1, 0.15) is 0 Å². The Morgan fingerprint density at radius 2 is 2.11 bits per heavy atom. The minimum absolute atomic E-state index is 0.0648. The number of anilines is 2. The minimum atomic E-state index is -0.0787. The quantitative estimate of drug-likeness (QED) is 0.708. The van der Waals surface area contributed by atoms with Gasteiger partial charge in [0.05, 0.1) is 19.3 Å². The summed E-state index contributed by atoms with van der Waals surface area (Å²) in [6.45, 7) is 3.06. The van der Waals surface area contributed by atoms with Crippen LogP contribution in [-0.2, 0) is 16.0 Å². The summed E-state index contributed by atoms with van der Waals surface area (Å²) in [6, 6.07) is 5.62. The number of nitrogen functional groups attached to an aromatic ring is 1. The number of carbonyl (C=O) groups excluding carboxylic acids is 1. The van der Waals surface area contributed by atoms with Crippen molar-refractivity contribution in [2.45, 2.75) is 12.5 Å². The van der Waals surface area contributed by atoms with Crippen LogP contribution in [0.1, 0.15) is 5.56 Å². The van der Waals surface area contributed by atoms with Crippen molar-refractivity contribution in [3.05, 3.63) is 23.8 Å². The second-order valence-corrected chi connectivity index (χ2v) is 4.77. The summed E-state index contributed by atoms with van der Waals surface area (Å²) in [4.78, 5) is 14.3. The number of rotatable bonds is 1. The number of carbonyl (C=O) groups is 1. The Hall–Kier alpha value is -1.59. The highest BCUT2D eigenvalue weighted by molar-refractivity contribution is 5.98. The van der Waals surface area contributed by atoms with E-state index in [4.69, 9.17) is 10.5 Å². The van der Waals surface area contributed by atoms with E-state index >= 15 is 0 Å². The molecule has 0 bridgehead atoms. The van der Waals surface area contributed by atoms with Gasteiger partial charge in [-0.3, -0.25) is 9.69 Å². The summed E-state index contributed by atoms with van der Waals surface area (Å²) in [5, 5.41) is 2.95. The van der Waals surface area contributed by atoms with E-state index in [2.05, 4.69) is 10.2 Å². The maximum Gasteiger partial charge on any atom is 0.242 e. The number of amides is 1. The lowest BCUT2D eigenvalue weighted by Gasteiger charge is -2.36. The Balaban J connectivity index is 1.82. The molecule has 96 valence electrons. The third kappa shape index (κ3) is 2.07. The Kier molecular flexibility index (Phi) is 2.93. The lowest BCUT2D eigenvalue weighted by molar-refractivity contribution is -0.123. The average Bonchev–Trinajstić information content (AvgIpc) is 2.39. The zero-order valence-corrected chi connectivity index (χ0v) is 10.2. The molecule has 1 atom stereocenters. The number of nitrogens with zero attached hydrogens (tertiary/aromatic N) is 1. The van der Waals surface area contributed by atoms with Gasteiger partial charge in [0.15, 0.2) is 0 Å². The van der Waals surface area contributed by atoms with E-state index < -0.39 is 0 Å². The number of nitrogens with two attached hydrogens (primary N) is 1. The lowest BCUT2D eigenvalue weighted by atomic mass is 9.97. The van der Waals surface area contributed by atoms with Crippen molar-refractivity contribution in [2.24, 2.45) is 0 Å². The maximum absolute atomic E-state index is 12.1. The van der Waals surface area contributed by atoms with Crippen LogP contribution in [0.15, 0.2) is 18.2 Å². The highest BCUT2D eigenvalue weighted by atomic mass is 16.5. The summed E-state index contributed by atoms with van der Waals surface area (Å²) < 4.78 is 5.32. The van der Waals surface area contributed by atoms with Gasteiger partial charge in [-0.2, -0.15) is 0 Å². The summed E-state index contributed by atoms with van der Waals surface area (Å²) in [5.41, 5.74) is 8.41. The van der Waals surface area contributed by atoms with Gasteiger partial charge in [-0.15, -0.1) is 0 Å². The molecule has 0 unspecified atom stereocenters. The van der Waals surface area contributed by atoms with E-state index in [0.717, 1.165) is 30.8 Å². The number of nitrogens with one attached hydrogen (secondary N) is 1. The molecule has 1 amide bonds. The van der Waals surface area contributed by atoms with Crippen molar-refractivity contribution in [2.75, 3.05) is 37.4 Å². The van der Waals surface area contributed by atoms with Gasteiger partial charge in [-0.05, 0) is 24.1 Å². The molecule has 3 rings (SSSR count). The molecule has 0 saturated carbocycles. The molecule has 3 N–H and O–H groups in total. The van der Waals surface area contributed by atoms with Gasteiger partial charge in [-0.1, -0.05) is 6.07 Å². The first-order chi connectivity index (χ1) is 8.74. The lowest BCUT2D eigenvalue weighted by Crippen LogP contribution is -2.52. The van der Waals surface area contributed by atoms with Gasteiger partial charge < -0.3 is 15.8 Å². The molecule has 2 aliphatic heterocycles. The van der Waals surface area contributed by atoms with Crippen molar-refractivity contribution < 1.29 is 9.53 Å². The molecule has 5 heteroatoms. The molecule has 18 heavy (non-hydrogen) atoms. The number of benzene rings is 1. The molecule has 1 saturated heterocycles. The zero-order chi connectivity index (χ0) is 12.5. The van der Waals surface area contributed by atoms with Crippen LogP contribution in [0, 0.1) is 0 Å². The van der Waals surface area contributed by atoms with Gasteiger partial charge in [-0.25, -0.2) is 0 Å². The highest BCUT2D eigenvalue weighted by Crippen LogP contribution is 2.27. The Morgan fingerprint density at radius 3 is 2.89 bits per heavy atom. The van der Waals surface area contributed by atoms with E-state index in [1.165, 1.54) is 0 Å². The van der Waals surface area contributed by atoms with Crippen LogP contribution in [0.3, 0.4) is 0 Å². The number of hydrogen-bond acceptors (Lipinski definition) is 4. The van der Waals surface area contributed by atoms with Crippen LogP contribution in [0.5, 0.6) is 0 Å². The molecule has 0 spiro atoms. The fourth-order valence-corrected chi connectivity index (χ4v) is 2.59. The first-order valence-electron chi connectivity index (χ1n) is 6.25. The third-order valence-corrected chi connectivity index (χ3v) is 3.59. The third-order valence-electron chi connectivity index (χ3n) is 3.59. The predicted octanol–water partition coefficient (Wildman–Crippen LogP) is 0.464. The fraction of sp³-hybridized carbons (Fsp3) is 0.462. The Bertz CT molecular complexity index is 469. The van der Waals surface area contributed by atoms with Crippen molar-refractivity contribution in [1.82, 2.24) is 4.90 Å². The summed E-state index contributed by atoms with van der Waals surface area (Å²) in [6.07, 6.45) is 0.751. The average molecular weight is 247 g/mol. The smallest absolute Gasteiger partial charge is 0.242 e. The molecule has 1 aromatic carbocycles. The van der Waals surface area contributed by atoms with E-state index in [1.54, 1.807) is 0 Å². The summed E-state index contributed by atoms with van der Waals surface area (Å²) >= 11 is 0. The van der Waals surface area contributed by atoms with Gasteiger partial charge in [0.25, 0.3) is 0 Å². The van der Waals surface area contributed by atoms with Crippen molar-refractivity contribution in [1.29, 1.82) is 0 Å². The van der Waals surface area contributed by atoms with E-state index in [9.17, 15) is 4.79 Å². The monoisotopic (exact) mass is 247 g/mol. The Morgan fingerprint density at radius 1 is 1.33 bits per heavy atom. The predicted molar refractivity (Wildman–Crippen MR) is 69.4 cm³/mol. The molecule has 0 aliphatic carbocycles. The SMILES string of the molecule is Nc1ccc2c(c1)NC(=O)[C@@H](N1CCOCC1)C2. The van der Waals surface area contributed by atoms with Crippen molar-refractivity contribution in [3.63, 3.8) is 0 Å². The van der Waals surface area contributed by atoms with Crippen LogP contribution in [0.25, 0.3) is 0 Å². The second-order valence-electron chi connectivity index (χ2n) is 4.77. The molecule has 2 heterocycles. The fourth-order valence-electron chi connectivity index (χ4n) is 2.59. The van der Waals surface area contributed by atoms with E-state index in [1.807, 2.05) is 18.2 Å². The zero-order valence-electron chi connectivity index (χ0n) is 10.2. The highest BCUT2D eigenvalue weighted by Gasteiger charge is 2.31. The van der Waals surface area contributed by atoms with Gasteiger partial charge in [0.2, 0.25) is 5.91 Å². The Labute approximate surface area is 106 Å². The molecule has 2 aliphatic rings. The summed E-state index contributed by atoms with van der Waals surface area (Å²) in [7, 11) is 0. The number of morpholine rings is 1. The molecular weight excluding hydrogens is 230 g/mol. The van der Waals surface area contributed by atoms with Gasteiger partial charge >= 0.3 is 0 Å². The molecule has 5 nitrogen and oxygen atoms in total. The summed E-state index contributed by atoms with van der Waals surface area (Å²) in [5.74, 6) is 0.0648. The first kappa shape index (κ1) is 11.5. The second kappa shape index (κ2) is 4.59. The molecule has 0 radical (unpaired) electrons. The van der Waals surface area contributed by atoms with Crippen LogP contribution in [0.2, 0.25) is 0 Å². The van der Waals surface area contributed by atoms with Crippen LogP contribution in [-0.4, -0.2) is 43.2 Å². The van der Waals surface area contributed by atoms with E-state index in [-0.39, 0.29) is 11.9 Å². The maximum atomic E-state index is 12.1. The standard InChI is InChI=1S/C13H17N3O2/c14-10-2-1-9-7-12(13(17)15-11(9)8-10)16-3-5-18-6-4-16/h1-2,8,12H,3-7,14H2,(H,15,17)/t12-/m0/s1. The molecular formula is C13H17N3O2. The van der Waals surface area contributed by atoms with Gasteiger partial charge in [0, 0.05) is 24.5 Å². The molecule has 1 aromatic rings. The largest absolute Gasteiger partial charge is 0.399 e. The van der Waals surface area contributed by atoms with Crippen LogP contribution in [0.4, 0.5) is 11.4 Å². The minimum Gasteiger partial charge on any atom is -0.399 e. The number of fused-ring (bicyclic) bond motifs is 1. The van der Waals surface area contributed by atoms with Crippen molar-refractivity contribution >= 4 is 17.3 Å². The number of ether oxygens (including phenoxy) is 1. The van der Waals surface area contributed by atoms with Crippen LogP contribution < -0.4 is 11.1 Å². The first-order valence-corrected chi connectivity index (χ1v) is 6.25. The molecule has 1 fully saturated rings. The molecule has 0 aromatic heterocycles. The van der Waals surface area contributed by atoms with E-state index in [0.29, 0.717) is 18.9 Å². The number of hydrogen-bond donors (Lipinski definition) is 2. The topological polar surface area (TPSA) is 67.6 Å². The normalized spacial score (nSPS) is 24.4. The van der Waals surface area contributed by atoms with Crippen molar-refractivity contribution in [3.8, 4) is 0 Å².